The third-order valence-corrected chi connectivity index (χ3v) is 11.2. The van der Waals surface area contributed by atoms with E-state index in [0.29, 0.717) is 22.4 Å². The molecule has 260 valence electrons. The minimum atomic E-state index is -1.37. The van der Waals surface area contributed by atoms with Gasteiger partial charge in [0.2, 0.25) is 11.8 Å². The SMILES string of the molecule is O=C1C(c2ccccc2)=CC(=O)C2(c3ccccc3)C1CC1C(=CCC3C(=O)N(c4cccc([N+](=O)[O-])c4)C(=O)C31)C2c1ccc(OCCO)cc1. The van der Waals surface area contributed by atoms with Gasteiger partial charge in [0.15, 0.2) is 11.6 Å². The number of ketones is 2. The summed E-state index contributed by atoms with van der Waals surface area (Å²) in [4.78, 5) is 70.8. The van der Waals surface area contributed by atoms with Crippen LogP contribution in [-0.2, 0) is 24.6 Å². The highest BCUT2D eigenvalue weighted by molar-refractivity contribution is 6.32. The van der Waals surface area contributed by atoms with Crippen molar-refractivity contribution >= 4 is 40.3 Å². The fraction of sp³-hybridized carbons (Fsp3) is 0.238. The maximum Gasteiger partial charge on any atom is 0.271 e. The van der Waals surface area contributed by atoms with Gasteiger partial charge >= 0.3 is 0 Å². The second-order valence-corrected chi connectivity index (χ2v) is 13.7. The molecule has 10 heteroatoms. The minimum absolute atomic E-state index is 0.104. The van der Waals surface area contributed by atoms with E-state index < -0.39 is 51.7 Å². The van der Waals surface area contributed by atoms with Crippen LogP contribution in [0, 0.1) is 33.8 Å². The number of fused-ring (bicyclic) bond motifs is 4. The number of benzene rings is 4. The first kappa shape index (κ1) is 33.2. The van der Waals surface area contributed by atoms with Gasteiger partial charge in [0.1, 0.15) is 12.4 Å². The van der Waals surface area contributed by atoms with Crippen LogP contribution in [0.2, 0.25) is 0 Å². The number of nitro groups is 1. The van der Waals surface area contributed by atoms with E-state index in [1.807, 2.05) is 66.7 Å². The summed E-state index contributed by atoms with van der Waals surface area (Å²) in [5.41, 5.74) is 1.68. The second-order valence-electron chi connectivity index (χ2n) is 13.7. The summed E-state index contributed by atoms with van der Waals surface area (Å²) in [7, 11) is 0. The van der Waals surface area contributed by atoms with Crippen molar-refractivity contribution in [3.63, 3.8) is 0 Å². The Hall–Kier alpha value is -6.00. The summed E-state index contributed by atoms with van der Waals surface area (Å²) >= 11 is 0. The maximum absolute atomic E-state index is 15.1. The van der Waals surface area contributed by atoms with Crippen LogP contribution in [0.25, 0.3) is 5.57 Å². The second kappa shape index (κ2) is 13.0. The number of hydrogen-bond acceptors (Lipinski definition) is 8. The number of carbonyl (C=O) groups excluding carboxylic acids is 4. The Morgan fingerprint density at radius 2 is 1.56 bits per heavy atom. The van der Waals surface area contributed by atoms with Crippen LogP contribution < -0.4 is 9.64 Å². The Morgan fingerprint density at radius 1 is 0.846 bits per heavy atom. The molecular formula is C42H34N2O8. The first-order chi connectivity index (χ1) is 25.2. The first-order valence-corrected chi connectivity index (χ1v) is 17.3. The molecule has 1 heterocycles. The Bertz CT molecular complexity index is 2180. The van der Waals surface area contributed by atoms with E-state index in [4.69, 9.17) is 4.74 Å². The Labute approximate surface area is 299 Å². The van der Waals surface area contributed by atoms with Crippen LogP contribution in [-0.4, -0.2) is 46.6 Å². The summed E-state index contributed by atoms with van der Waals surface area (Å²) in [6.45, 7) is -0.0561. The van der Waals surface area contributed by atoms with Crippen LogP contribution in [0.1, 0.15) is 35.4 Å². The normalized spacial score (nSPS) is 26.6. The van der Waals surface area contributed by atoms with E-state index in [0.717, 1.165) is 16.0 Å². The van der Waals surface area contributed by atoms with Crippen LogP contribution >= 0.6 is 0 Å². The van der Waals surface area contributed by atoms with Crippen molar-refractivity contribution in [3.8, 4) is 5.75 Å². The number of aliphatic hydroxyl groups is 1. The largest absolute Gasteiger partial charge is 0.491 e. The van der Waals surface area contributed by atoms with Crippen molar-refractivity contribution < 1.29 is 33.9 Å². The fourth-order valence-electron chi connectivity index (χ4n) is 9.17. The Morgan fingerprint density at radius 3 is 2.25 bits per heavy atom. The lowest BCUT2D eigenvalue weighted by Crippen LogP contribution is -2.58. The molecule has 1 saturated carbocycles. The maximum atomic E-state index is 15.1. The first-order valence-electron chi connectivity index (χ1n) is 17.3. The number of rotatable bonds is 8. The zero-order chi connectivity index (χ0) is 36.1. The molecule has 0 aromatic heterocycles. The van der Waals surface area contributed by atoms with Gasteiger partial charge in [-0.15, -0.1) is 0 Å². The zero-order valence-corrected chi connectivity index (χ0v) is 28.0. The van der Waals surface area contributed by atoms with Gasteiger partial charge in [0.25, 0.3) is 5.69 Å². The van der Waals surface area contributed by atoms with Crippen LogP contribution in [0.4, 0.5) is 11.4 Å². The highest BCUT2D eigenvalue weighted by atomic mass is 16.6. The zero-order valence-electron chi connectivity index (χ0n) is 28.0. The van der Waals surface area contributed by atoms with Gasteiger partial charge in [0, 0.05) is 29.5 Å². The molecule has 1 aliphatic heterocycles. The van der Waals surface area contributed by atoms with Crippen LogP contribution in [0.15, 0.2) is 127 Å². The molecule has 10 nitrogen and oxygen atoms in total. The van der Waals surface area contributed by atoms with E-state index in [1.54, 1.807) is 24.3 Å². The molecule has 6 atom stereocenters. The molecule has 2 amide bonds. The quantitative estimate of drug-likeness (QED) is 0.102. The highest BCUT2D eigenvalue weighted by Crippen LogP contribution is 2.63. The number of aliphatic hydroxyl groups excluding tert-OH is 1. The van der Waals surface area contributed by atoms with Gasteiger partial charge in [-0.2, -0.15) is 0 Å². The number of imide groups is 1. The molecule has 4 aromatic carbocycles. The number of nitro benzene ring substituents is 1. The highest BCUT2D eigenvalue weighted by Gasteiger charge is 2.66. The molecule has 2 fully saturated rings. The monoisotopic (exact) mass is 694 g/mol. The fourth-order valence-corrected chi connectivity index (χ4v) is 9.17. The average Bonchev–Trinajstić information content (AvgIpc) is 3.44. The van der Waals surface area contributed by atoms with Gasteiger partial charge in [-0.1, -0.05) is 90.5 Å². The van der Waals surface area contributed by atoms with Crippen molar-refractivity contribution in [2.45, 2.75) is 24.2 Å². The number of anilines is 1. The lowest BCUT2D eigenvalue weighted by atomic mass is 9.44. The molecule has 1 N–H and O–H groups in total. The van der Waals surface area contributed by atoms with Gasteiger partial charge in [-0.3, -0.25) is 29.3 Å². The Kier molecular flexibility index (Phi) is 8.26. The smallest absolute Gasteiger partial charge is 0.271 e. The van der Waals surface area contributed by atoms with Crippen molar-refractivity contribution in [1.29, 1.82) is 0 Å². The van der Waals surface area contributed by atoms with Gasteiger partial charge in [0.05, 0.1) is 34.5 Å². The predicted molar refractivity (Wildman–Crippen MR) is 191 cm³/mol. The van der Waals surface area contributed by atoms with E-state index >= 15 is 9.59 Å². The molecule has 4 aromatic rings. The number of allylic oxidation sites excluding steroid dienone is 4. The molecule has 0 bridgehead atoms. The molecule has 3 aliphatic carbocycles. The van der Waals surface area contributed by atoms with Crippen LogP contribution in [0.5, 0.6) is 5.75 Å². The number of non-ortho nitro benzene ring substituents is 1. The number of amides is 2. The lowest BCUT2D eigenvalue weighted by Gasteiger charge is -2.55. The third-order valence-electron chi connectivity index (χ3n) is 11.2. The number of hydrogen-bond donors (Lipinski definition) is 1. The summed E-state index contributed by atoms with van der Waals surface area (Å²) in [5.74, 6) is -4.57. The minimum Gasteiger partial charge on any atom is -0.491 e. The van der Waals surface area contributed by atoms with E-state index in [2.05, 4.69) is 0 Å². The topological polar surface area (TPSA) is 144 Å². The van der Waals surface area contributed by atoms with E-state index in [-0.39, 0.29) is 49.0 Å². The van der Waals surface area contributed by atoms with Gasteiger partial charge < -0.3 is 9.84 Å². The number of Topliss-reactive ketones (excluding diaryl/α,β-unsaturated/α-hetero) is 1. The van der Waals surface area contributed by atoms with Gasteiger partial charge in [-0.05, 0) is 59.7 Å². The average molecular weight is 695 g/mol. The molecule has 6 unspecified atom stereocenters. The molecule has 0 radical (unpaired) electrons. The van der Waals surface area contributed by atoms with E-state index in [1.165, 1.54) is 30.3 Å². The molecule has 0 spiro atoms. The predicted octanol–water partition coefficient (Wildman–Crippen LogP) is 5.99. The lowest BCUT2D eigenvalue weighted by molar-refractivity contribution is -0.384. The van der Waals surface area contributed by atoms with Crippen molar-refractivity contribution in [3.05, 3.63) is 154 Å². The third kappa shape index (κ3) is 5.04. The molecule has 4 aliphatic rings. The van der Waals surface area contributed by atoms with Crippen molar-refractivity contribution in [2.75, 3.05) is 18.1 Å². The molecule has 1 saturated heterocycles. The van der Waals surface area contributed by atoms with E-state index in [9.17, 15) is 24.8 Å². The van der Waals surface area contributed by atoms with Crippen LogP contribution in [0.3, 0.4) is 0 Å². The Balaban J connectivity index is 1.32. The number of ether oxygens (including phenoxy) is 1. The summed E-state index contributed by atoms with van der Waals surface area (Å²) in [6, 6.07) is 31.1. The molecule has 8 rings (SSSR count). The van der Waals surface area contributed by atoms with Gasteiger partial charge in [-0.25, -0.2) is 4.90 Å². The number of nitrogens with zero attached hydrogens (tertiary/aromatic N) is 2. The molecule has 52 heavy (non-hydrogen) atoms. The summed E-state index contributed by atoms with van der Waals surface area (Å²) in [6.07, 6.45) is 3.83. The summed E-state index contributed by atoms with van der Waals surface area (Å²) < 4.78 is 5.66. The standard InChI is InChI=1S/C42H34N2O8/c45-20-21-52-30-16-14-26(15-17-30)38-31-18-19-32-37(41(49)43(40(32)48)28-12-7-13-29(22-28)44(50)51)34(31)23-35-39(47)33(25-8-3-1-4-9-25)24-36(46)42(35,38)27-10-5-2-6-11-27/h1-18,22,24,32,34-35,37-38,45H,19-21,23H2. The molecular weight excluding hydrogens is 660 g/mol. The van der Waals surface area contributed by atoms with Crippen molar-refractivity contribution in [2.24, 2.45) is 23.7 Å². The van der Waals surface area contributed by atoms with Crippen molar-refractivity contribution in [1.82, 2.24) is 0 Å². The summed E-state index contributed by atoms with van der Waals surface area (Å²) in [5, 5.41) is 20.9. The number of carbonyl (C=O) groups is 4.